The number of likely N-dealkylation sites (N-methyl/N-ethyl adjacent to an activating group) is 1. The number of amides is 2. The van der Waals surface area contributed by atoms with Crippen molar-refractivity contribution in [1.29, 1.82) is 0 Å². The monoisotopic (exact) mass is 362 g/mol. The third-order valence-electron chi connectivity index (χ3n) is 4.85. The van der Waals surface area contributed by atoms with Crippen molar-refractivity contribution in [2.24, 2.45) is 0 Å². The Hall–Kier alpha value is -1.63. The molecule has 2 amide bonds. The fourth-order valence-corrected chi connectivity index (χ4v) is 3.23. The highest BCUT2D eigenvalue weighted by Crippen LogP contribution is 2.06. The van der Waals surface area contributed by atoms with Crippen LogP contribution in [-0.2, 0) is 17.9 Å². The van der Waals surface area contributed by atoms with Gasteiger partial charge in [-0.1, -0.05) is 31.2 Å². The summed E-state index contributed by atoms with van der Waals surface area (Å²) < 4.78 is 5.13. The molecule has 1 heterocycles. The molecule has 2 rings (SSSR count). The molecule has 1 fully saturated rings. The molecular weight excluding hydrogens is 328 g/mol. The molecule has 6 nitrogen and oxygen atoms in total. The van der Waals surface area contributed by atoms with Gasteiger partial charge in [-0.05, 0) is 37.1 Å². The van der Waals surface area contributed by atoms with Crippen molar-refractivity contribution < 1.29 is 9.53 Å². The predicted molar refractivity (Wildman–Crippen MR) is 105 cm³/mol. The van der Waals surface area contributed by atoms with Gasteiger partial charge in [0.1, 0.15) is 0 Å². The number of rotatable bonds is 10. The normalized spacial score (nSPS) is 15.8. The summed E-state index contributed by atoms with van der Waals surface area (Å²) in [5.41, 5.74) is 2.20. The van der Waals surface area contributed by atoms with Gasteiger partial charge >= 0.3 is 6.03 Å². The molecule has 1 aromatic rings. The van der Waals surface area contributed by atoms with Crippen LogP contribution in [0.2, 0.25) is 0 Å². The molecule has 146 valence electrons. The van der Waals surface area contributed by atoms with Crippen molar-refractivity contribution in [3.63, 3.8) is 0 Å². The number of hydrogen-bond donors (Lipinski definition) is 2. The zero-order chi connectivity index (χ0) is 18.6. The van der Waals surface area contributed by atoms with Gasteiger partial charge in [-0.25, -0.2) is 4.79 Å². The maximum atomic E-state index is 11.9. The number of benzene rings is 1. The van der Waals surface area contributed by atoms with Gasteiger partial charge in [-0.15, -0.1) is 0 Å². The van der Waals surface area contributed by atoms with Crippen LogP contribution in [0.5, 0.6) is 0 Å². The van der Waals surface area contributed by atoms with Crippen LogP contribution >= 0.6 is 0 Å². The molecule has 0 saturated carbocycles. The fraction of sp³-hybridized carbons (Fsp3) is 0.650. The molecule has 0 aromatic heterocycles. The number of methoxy groups -OCH3 is 1. The first-order valence-electron chi connectivity index (χ1n) is 9.74. The molecule has 6 heteroatoms. The number of nitrogens with zero attached hydrogens (tertiary/aromatic N) is 2. The maximum Gasteiger partial charge on any atom is 0.315 e. The number of carbonyl (C=O) groups excluding carboxylic acids is 1. The van der Waals surface area contributed by atoms with Crippen LogP contribution in [0.4, 0.5) is 4.79 Å². The standard InChI is InChI=1S/C20H34N4O2/c1-3-23-11-13-24(14-12-23)10-5-4-9-21-20(25)22-16-18-7-6-8-19(15-18)17-26-2/h6-8,15H,3-5,9-14,16-17H2,1-2H3,(H2,21,22,25). The Kier molecular flexibility index (Phi) is 9.45. The van der Waals surface area contributed by atoms with Crippen LogP contribution in [0.15, 0.2) is 24.3 Å². The first-order valence-corrected chi connectivity index (χ1v) is 9.74. The van der Waals surface area contributed by atoms with Gasteiger partial charge in [-0.2, -0.15) is 0 Å². The van der Waals surface area contributed by atoms with Gasteiger partial charge < -0.3 is 25.2 Å². The van der Waals surface area contributed by atoms with Crippen molar-refractivity contribution >= 4 is 6.03 Å². The number of unbranched alkanes of at least 4 members (excludes halogenated alkanes) is 1. The quantitative estimate of drug-likeness (QED) is 0.626. The predicted octanol–water partition coefficient (Wildman–Crippen LogP) is 2.05. The van der Waals surface area contributed by atoms with Gasteiger partial charge in [0.2, 0.25) is 0 Å². The van der Waals surface area contributed by atoms with E-state index in [1.54, 1.807) is 7.11 Å². The third kappa shape index (κ3) is 7.72. The second-order valence-electron chi connectivity index (χ2n) is 6.85. The summed E-state index contributed by atoms with van der Waals surface area (Å²) in [5.74, 6) is 0. The Morgan fingerprint density at radius 3 is 2.54 bits per heavy atom. The van der Waals surface area contributed by atoms with Crippen LogP contribution in [0, 0.1) is 0 Å². The Bertz CT molecular complexity index is 530. The molecule has 1 aliphatic heterocycles. The molecule has 0 bridgehead atoms. The van der Waals surface area contributed by atoms with Gasteiger partial charge in [0.25, 0.3) is 0 Å². The summed E-state index contributed by atoms with van der Waals surface area (Å²) in [6.45, 7) is 11.1. The molecule has 1 saturated heterocycles. The lowest BCUT2D eigenvalue weighted by Gasteiger charge is -2.33. The van der Waals surface area contributed by atoms with E-state index in [4.69, 9.17) is 4.74 Å². The lowest BCUT2D eigenvalue weighted by atomic mass is 10.1. The Morgan fingerprint density at radius 2 is 1.81 bits per heavy atom. The third-order valence-corrected chi connectivity index (χ3v) is 4.85. The zero-order valence-electron chi connectivity index (χ0n) is 16.3. The molecule has 0 aliphatic carbocycles. The second-order valence-corrected chi connectivity index (χ2v) is 6.85. The molecule has 1 aromatic carbocycles. The number of ether oxygens (including phenoxy) is 1. The molecule has 26 heavy (non-hydrogen) atoms. The first-order chi connectivity index (χ1) is 12.7. The van der Waals surface area contributed by atoms with Crippen LogP contribution in [0.1, 0.15) is 30.9 Å². The molecule has 0 spiro atoms. The van der Waals surface area contributed by atoms with E-state index in [1.807, 2.05) is 18.2 Å². The van der Waals surface area contributed by atoms with Crippen LogP contribution in [0.25, 0.3) is 0 Å². The van der Waals surface area contributed by atoms with Crippen LogP contribution in [-0.4, -0.2) is 68.8 Å². The van der Waals surface area contributed by atoms with E-state index in [0.29, 0.717) is 13.2 Å². The summed E-state index contributed by atoms with van der Waals surface area (Å²) in [6.07, 6.45) is 2.15. The SMILES string of the molecule is CCN1CCN(CCCCNC(=O)NCc2cccc(COC)c2)CC1. The van der Waals surface area contributed by atoms with Gasteiger partial charge in [-0.3, -0.25) is 0 Å². The molecular formula is C20H34N4O2. The van der Waals surface area contributed by atoms with Crippen molar-refractivity contribution in [1.82, 2.24) is 20.4 Å². The van der Waals surface area contributed by atoms with Crippen molar-refractivity contribution in [3.8, 4) is 0 Å². The van der Waals surface area contributed by atoms with Gasteiger partial charge in [0.15, 0.2) is 0 Å². The van der Waals surface area contributed by atoms with E-state index in [1.165, 1.54) is 26.2 Å². The average Bonchev–Trinajstić information content (AvgIpc) is 2.67. The van der Waals surface area contributed by atoms with E-state index in [-0.39, 0.29) is 6.03 Å². The topological polar surface area (TPSA) is 56.8 Å². The van der Waals surface area contributed by atoms with E-state index in [0.717, 1.165) is 43.6 Å². The van der Waals surface area contributed by atoms with E-state index in [2.05, 4.69) is 33.4 Å². The smallest absolute Gasteiger partial charge is 0.315 e. The number of urea groups is 1. The van der Waals surface area contributed by atoms with Crippen molar-refractivity contribution in [3.05, 3.63) is 35.4 Å². The first kappa shape index (κ1) is 20.7. The minimum absolute atomic E-state index is 0.0984. The van der Waals surface area contributed by atoms with E-state index in [9.17, 15) is 4.79 Å². The number of piperazine rings is 1. The highest BCUT2D eigenvalue weighted by atomic mass is 16.5. The van der Waals surface area contributed by atoms with Gasteiger partial charge in [0, 0.05) is 46.4 Å². The second kappa shape index (κ2) is 11.9. The largest absolute Gasteiger partial charge is 0.380 e. The Labute approximate surface area is 157 Å². The lowest BCUT2D eigenvalue weighted by Crippen LogP contribution is -2.46. The highest BCUT2D eigenvalue weighted by Gasteiger charge is 2.14. The van der Waals surface area contributed by atoms with Crippen LogP contribution < -0.4 is 10.6 Å². The minimum Gasteiger partial charge on any atom is -0.380 e. The maximum absolute atomic E-state index is 11.9. The van der Waals surface area contributed by atoms with E-state index >= 15 is 0 Å². The average molecular weight is 363 g/mol. The van der Waals surface area contributed by atoms with E-state index < -0.39 is 0 Å². The summed E-state index contributed by atoms with van der Waals surface area (Å²) >= 11 is 0. The summed E-state index contributed by atoms with van der Waals surface area (Å²) in [6, 6.07) is 7.98. The molecule has 0 radical (unpaired) electrons. The number of carbonyl (C=O) groups is 1. The lowest BCUT2D eigenvalue weighted by molar-refractivity contribution is 0.135. The summed E-state index contributed by atoms with van der Waals surface area (Å²) in [7, 11) is 1.68. The molecule has 1 aliphatic rings. The summed E-state index contributed by atoms with van der Waals surface area (Å²) in [5, 5.41) is 5.86. The Balaban J connectivity index is 1.52. The molecule has 0 unspecified atom stereocenters. The Morgan fingerprint density at radius 1 is 1.08 bits per heavy atom. The summed E-state index contributed by atoms with van der Waals surface area (Å²) in [4.78, 5) is 16.9. The number of hydrogen-bond acceptors (Lipinski definition) is 4. The van der Waals surface area contributed by atoms with Crippen molar-refractivity contribution in [2.75, 3.05) is 52.9 Å². The fourth-order valence-electron chi connectivity index (χ4n) is 3.23. The highest BCUT2D eigenvalue weighted by molar-refractivity contribution is 5.73. The number of nitrogens with one attached hydrogen (secondary N) is 2. The van der Waals surface area contributed by atoms with Gasteiger partial charge in [0.05, 0.1) is 6.61 Å². The van der Waals surface area contributed by atoms with Crippen molar-refractivity contribution in [2.45, 2.75) is 32.9 Å². The molecule has 2 N–H and O–H groups in total. The van der Waals surface area contributed by atoms with Crippen LogP contribution in [0.3, 0.4) is 0 Å². The molecule has 0 atom stereocenters. The zero-order valence-corrected chi connectivity index (χ0v) is 16.3. The minimum atomic E-state index is -0.0984.